The summed E-state index contributed by atoms with van der Waals surface area (Å²) in [7, 11) is 0. The van der Waals surface area contributed by atoms with Crippen molar-refractivity contribution in [2.75, 3.05) is 11.9 Å². The van der Waals surface area contributed by atoms with Crippen molar-refractivity contribution in [3.05, 3.63) is 44.8 Å². The number of aryl methyl sites for hydroxylation is 1. The smallest absolute Gasteiger partial charge is 0.262 e. The van der Waals surface area contributed by atoms with Crippen LogP contribution in [0.2, 0.25) is 5.02 Å². The van der Waals surface area contributed by atoms with Gasteiger partial charge in [-0.1, -0.05) is 38.4 Å². The molecule has 0 fully saturated rings. The minimum absolute atomic E-state index is 0.0133. The van der Waals surface area contributed by atoms with Crippen LogP contribution in [0.3, 0.4) is 0 Å². The molecule has 1 aromatic heterocycles. The standard InChI is InChI=1S/C25H33ClN2O3S/c1-14(2)27-23(30)22-17-9-8-16(25(4,5)6)12-20(17)32-24(22)28-21(29)13-31-19-11-15(3)7-10-18(19)26/h7,10-11,14,16H,8-9,12-13H2,1-6H3,(H,27,30)(H,28,29)/t16-/m0/s1. The molecular formula is C25H33ClN2O3S. The zero-order valence-electron chi connectivity index (χ0n) is 19.7. The molecule has 5 nitrogen and oxygen atoms in total. The first-order valence-electron chi connectivity index (χ1n) is 11.1. The van der Waals surface area contributed by atoms with E-state index < -0.39 is 0 Å². The Labute approximate surface area is 199 Å². The fourth-order valence-electron chi connectivity index (χ4n) is 4.01. The molecule has 0 saturated carbocycles. The van der Waals surface area contributed by atoms with Gasteiger partial charge in [0.2, 0.25) is 0 Å². The molecule has 1 atom stereocenters. The maximum absolute atomic E-state index is 13.0. The van der Waals surface area contributed by atoms with Crippen LogP contribution in [0.25, 0.3) is 0 Å². The number of anilines is 1. The van der Waals surface area contributed by atoms with Crippen LogP contribution in [0.4, 0.5) is 5.00 Å². The van der Waals surface area contributed by atoms with E-state index in [1.54, 1.807) is 12.1 Å². The van der Waals surface area contributed by atoms with Crippen molar-refractivity contribution in [3.8, 4) is 5.75 Å². The first-order chi connectivity index (χ1) is 15.0. The van der Waals surface area contributed by atoms with Gasteiger partial charge in [-0.25, -0.2) is 0 Å². The van der Waals surface area contributed by atoms with Gasteiger partial charge in [-0.15, -0.1) is 11.3 Å². The Balaban J connectivity index is 1.81. The number of carbonyl (C=O) groups is 2. The average molecular weight is 477 g/mol. The molecule has 0 bridgehead atoms. The normalized spacial score (nSPS) is 15.9. The molecule has 0 saturated heterocycles. The molecule has 0 aliphatic heterocycles. The van der Waals surface area contributed by atoms with Crippen LogP contribution in [0.5, 0.6) is 5.75 Å². The zero-order valence-corrected chi connectivity index (χ0v) is 21.3. The zero-order chi connectivity index (χ0) is 23.6. The molecule has 3 rings (SSSR count). The van der Waals surface area contributed by atoms with E-state index in [-0.39, 0.29) is 29.9 Å². The quantitative estimate of drug-likeness (QED) is 0.535. The highest BCUT2D eigenvalue weighted by molar-refractivity contribution is 7.17. The molecule has 0 unspecified atom stereocenters. The Morgan fingerprint density at radius 1 is 1.28 bits per heavy atom. The molecule has 2 aromatic rings. The van der Waals surface area contributed by atoms with E-state index in [0.717, 1.165) is 30.4 Å². The van der Waals surface area contributed by atoms with Gasteiger partial charge in [-0.05, 0) is 74.6 Å². The van der Waals surface area contributed by atoms with Crippen molar-refractivity contribution >= 4 is 39.8 Å². The lowest BCUT2D eigenvalue weighted by molar-refractivity contribution is -0.118. The maximum Gasteiger partial charge on any atom is 0.262 e. The summed E-state index contributed by atoms with van der Waals surface area (Å²) in [4.78, 5) is 26.9. The van der Waals surface area contributed by atoms with Gasteiger partial charge >= 0.3 is 0 Å². The lowest BCUT2D eigenvalue weighted by Gasteiger charge is -2.33. The molecule has 0 spiro atoms. The van der Waals surface area contributed by atoms with Crippen LogP contribution in [-0.4, -0.2) is 24.5 Å². The van der Waals surface area contributed by atoms with E-state index in [4.69, 9.17) is 16.3 Å². The van der Waals surface area contributed by atoms with Gasteiger partial charge < -0.3 is 15.4 Å². The number of hydrogen-bond acceptors (Lipinski definition) is 4. The summed E-state index contributed by atoms with van der Waals surface area (Å²) in [5, 5.41) is 6.98. The SMILES string of the molecule is Cc1ccc(Cl)c(OCC(=O)Nc2sc3c(c2C(=O)NC(C)C)CC[C@H](C(C)(C)C)C3)c1. The van der Waals surface area contributed by atoms with Crippen LogP contribution >= 0.6 is 22.9 Å². The van der Waals surface area contributed by atoms with Crippen LogP contribution in [0.1, 0.15) is 67.4 Å². The number of ether oxygens (including phenoxy) is 1. The molecule has 1 aliphatic rings. The summed E-state index contributed by atoms with van der Waals surface area (Å²) in [5.41, 5.74) is 2.88. The van der Waals surface area contributed by atoms with Gasteiger partial charge in [0.15, 0.2) is 6.61 Å². The van der Waals surface area contributed by atoms with Crippen molar-refractivity contribution in [2.24, 2.45) is 11.3 Å². The predicted octanol–water partition coefficient (Wildman–Crippen LogP) is 6.02. The summed E-state index contributed by atoms with van der Waals surface area (Å²) < 4.78 is 5.64. The van der Waals surface area contributed by atoms with Gasteiger partial charge in [0, 0.05) is 10.9 Å². The number of rotatable bonds is 6. The third-order valence-electron chi connectivity index (χ3n) is 5.84. The second-order valence-electron chi connectivity index (χ2n) is 9.91. The minimum Gasteiger partial charge on any atom is -0.482 e. The fourth-order valence-corrected chi connectivity index (χ4v) is 5.53. The number of benzene rings is 1. The summed E-state index contributed by atoms with van der Waals surface area (Å²) in [5.74, 6) is 0.569. The third kappa shape index (κ3) is 5.84. The summed E-state index contributed by atoms with van der Waals surface area (Å²) >= 11 is 7.68. The summed E-state index contributed by atoms with van der Waals surface area (Å²) in [6.45, 7) is 12.4. The lowest BCUT2D eigenvalue weighted by Crippen LogP contribution is -2.32. The van der Waals surface area contributed by atoms with E-state index in [2.05, 4.69) is 31.4 Å². The number of carbonyl (C=O) groups excluding carboxylic acids is 2. The Kier molecular flexibility index (Phi) is 7.56. The molecule has 1 heterocycles. The fraction of sp³-hybridized carbons (Fsp3) is 0.520. The molecular weight excluding hydrogens is 444 g/mol. The van der Waals surface area contributed by atoms with Crippen LogP contribution in [-0.2, 0) is 17.6 Å². The second kappa shape index (κ2) is 9.84. The third-order valence-corrected chi connectivity index (χ3v) is 7.32. The van der Waals surface area contributed by atoms with Crippen LogP contribution in [0, 0.1) is 18.3 Å². The van der Waals surface area contributed by atoms with E-state index in [1.807, 2.05) is 26.8 Å². The maximum atomic E-state index is 13.0. The number of nitrogens with one attached hydrogen (secondary N) is 2. The van der Waals surface area contributed by atoms with E-state index >= 15 is 0 Å². The molecule has 1 aromatic carbocycles. The molecule has 2 N–H and O–H groups in total. The molecule has 32 heavy (non-hydrogen) atoms. The van der Waals surface area contributed by atoms with Crippen molar-refractivity contribution in [1.82, 2.24) is 5.32 Å². The van der Waals surface area contributed by atoms with Gasteiger partial charge in [0.1, 0.15) is 10.8 Å². The number of amides is 2. The second-order valence-corrected chi connectivity index (χ2v) is 11.4. The van der Waals surface area contributed by atoms with Crippen LogP contribution in [0.15, 0.2) is 18.2 Å². The highest BCUT2D eigenvalue weighted by Crippen LogP contribution is 2.44. The highest BCUT2D eigenvalue weighted by Gasteiger charge is 2.34. The predicted molar refractivity (Wildman–Crippen MR) is 132 cm³/mol. The van der Waals surface area contributed by atoms with Crippen molar-refractivity contribution < 1.29 is 14.3 Å². The minimum atomic E-state index is -0.313. The number of fused-ring (bicyclic) bond motifs is 1. The summed E-state index contributed by atoms with van der Waals surface area (Å²) in [6, 6.07) is 5.44. The van der Waals surface area contributed by atoms with Gasteiger partial charge in [-0.2, -0.15) is 0 Å². The molecule has 1 aliphatic carbocycles. The largest absolute Gasteiger partial charge is 0.482 e. The number of halogens is 1. The molecule has 0 radical (unpaired) electrons. The number of thiophene rings is 1. The Morgan fingerprint density at radius 2 is 2.00 bits per heavy atom. The van der Waals surface area contributed by atoms with Crippen molar-refractivity contribution in [1.29, 1.82) is 0 Å². The highest BCUT2D eigenvalue weighted by atomic mass is 35.5. The van der Waals surface area contributed by atoms with E-state index in [9.17, 15) is 9.59 Å². The van der Waals surface area contributed by atoms with E-state index in [0.29, 0.717) is 27.3 Å². The molecule has 2 amide bonds. The lowest BCUT2D eigenvalue weighted by atomic mass is 9.72. The van der Waals surface area contributed by atoms with Crippen molar-refractivity contribution in [3.63, 3.8) is 0 Å². The Hall–Kier alpha value is -2.05. The average Bonchev–Trinajstić information content (AvgIpc) is 3.04. The molecule has 174 valence electrons. The monoisotopic (exact) mass is 476 g/mol. The number of hydrogen-bond donors (Lipinski definition) is 2. The summed E-state index contributed by atoms with van der Waals surface area (Å²) in [6.07, 6.45) is 2.81. The van der Waals surface area contributed by atoms with Crippen molar-refractivity contribution in [2.45, 2.75) is 66.8 Å². The molecule has 7 heteroatoms. The first kappa shape index (κ1) is 24.6. The topological polar surface area (TPSA) is 67.4 Å². The van der Waals surface area contributed by atoms with Gasteiger partial charge in [0.05, 0.1) is 10.6 Å². The van der Waals surface area contributed by atoms with Gasteiger partial charge in [-0.3, -0.25) is 9.59 Å². The Morgan fingerprint density at radius 3 is 2.66 bits per heavy atom. The van der Waals surface area contributed by atoms with E-state index in [1.165, 1.54) is 16.2 Å². The Bertz CT molecular complexity index is 1010. The first-order valence-corrected chi connectivity index (χ1v) is 12.3. The van der Waals surface area contributed by atoms with Crippen LogP contribution < -0.4 is 15.4 Å². The van der Waals surface area contributed by atoms with Gasteiger partial charge in [0.25, 0.3) is 11.8 Å².